The van der Waals surface area contributed by atoms with Crippen molar-refractivity contribution >= 4 is 0 Å². The summed E-state index contributed by atoms with van der Waals surface area (Å²) in [6.07, 6.45) is 5.90. The third kappa shape index (κ3) is 0.884. The standard InChI is InChI=1S/C7H10O2/c1-2-6(3-1)7-4-8-5-9-7/h1-2,6-7H,3-5H2. The Morgan fingerprint density at radius 3 is 2.78 bits per heavy atom. The molecule has 0 radical (unpaired) electrons. The van der Waals surface area contributed by atoms with Crippen molar-refractivity contribution in [2.24, 2.45) is 5.92 Å². The van der Waals surface area contributed by atoms with E-state index in [0.29, 0.717) is 18.8 Å². The van der Waals surface area contributed by atoms with Crippen molar-refractivity contribution in [3.05, 3.63) is 12.2 Å². The summed E-state index contributed by atoms with van der Waals surface area (Å²) in [4.78, 5) is 0. The van der Waals surface area contributed by atoms with E-state index in [2.05, 4.69) is 12.2 Å². The molecule has 0 amide bonds. The Bertz CT molecular complexity index is 125. The van der Waals surface area contributed by atoms with Crippen molar-refractivity contribution in [3.8, 4) is 0 Å². The lowest BCUT2D eigenvalue weighted by atomic mass is 9.90. The predicted octanol–water partition coefficient (Wildman–Crippen LogP) is 0.935. The van der Waals surface area contributed by atoms with Crippen LogP contribution < -0.4 is 0 Å². The summed E-state index contributed by atoms with van der Waals surface area (Å²) in [7, 11) is 0. The van der Waals surface area contributed by atoms with Crippen LogP contribution in [0.3, 0.4) is 0 Å². The summed E-state index contributed by atoms with van der Waals surface area (Å²) in [6.45, 7) is 1.28. The maximum Gasteiger partial charge on any atom is 0.147 e. The van der Waals surface area contributed by atoms with Crippen LogP contribution in [0.1, 0.15) is 6.42 Å². The average molecular weight is 126 g/mol. The summed E-state index contributed by atoms with van der Waals surface area (Å²) in [5, 5.41) is 0. The molecule has 1 aliphatic carbocycles. The minimum Gasteiger partial charge on any atom is -0.353 e. The first kappa shape index (κ1) is 5.45. The van der Waals surface area contributed by atoms with E-state index in [0.717, 1.165) is 6.61 Å². The highest BCUT2D eigenvalue weighted by Gasteiger charge is 2.26. The molecule has 50 valence electrons. The molecule has 1 heterocycles. The molecule has 1 aliphatic heterocycles. The molecule has 0 aromatic rings. The Balaban J connectivity index is 1.90. The smallest absolute Gasteiger partial charge is 0.147 e. The van der Waals surface area contributed by atoms with Gasteiger partial charge in [0.1, 0.15) is 6.79 Å². The van der Waals surface area contributed by atoms with Gasteiger partial charge in [-0.25, -0.2) is 0 Å². The first-order valence-electron chi connectivity index (χ1n) is 3.33. The van der Waals surface area contributed by atoms with Gasteiger partial charge in [-0.05, 0) is 6.42 Å². The van der Waals surface area contributed by atoms with Crippen molar-refractivity contribution in [2.75, 3.05) is 13.4 Å². The number of hydrogen-bond donors (Lipinski definition) is 0. The van der Waals surface area contributed by atoms with Gasteiger partial charge >= 0.3 is 0 Å². The summed E-state index contributed by atoms with van der Waals surface area (Å²) < 4.78 is 10.3. The van der Waals surface area contributed by atoms with Gasteiger partial charge < -0.3 is 9.47 Å². The lowest BCUT2D eigenvalue weighted by Gasteiger charge is -2.21. The quantitative estimate of drug-likeness (QED) is 0.487. The molecule has 0 aromatic carbocycles. The van der Waals surface area contributed by atoms with Gasteiger partial charge in [-0.1, -0.05) is 12.2 Å². The molecule has 2 unspecified atom stereocenters. The predicted molar refractivity (Wildman–Crippen MR) is 32.9 cm³/mol. The summed E-state index contributed by atoms with van der Waals surface area (Å²) in [5.41, 5.74) is 0. The minimum absolute atomic E-state index is 0.356. The number of ether oxygens (including phenoxy) is 2. The Morgan fingerprint density at radius 2 is 2.33 bits per heavy atom. The second-order valence-corrected chi connectivity index (χ2v) is 2.52. The molecule has 0 saturated carbocycles. The SMILES string of the molecule is C1=CC(C2COCO2)C1. The van der Waals surface area contributed by atoms with E-state index in [9.17, 15) is 0 Å². The Morgan fingerprint density at radius 1 is 1.44 bits per heavy atom. The third-order valence-corrected chi connectivity index (χ3v) is 1.92. The number of hydrogen-bond acceptors (Lipinski definition) is 2. The van der Waals surface area contributed by atoms with Gasteiger partial charge in [-0.15, -0.1) is 0 Å². The molecule has 1 fully saturated rings. The van der Waals surface area contributed by atoms with Crippen LogP contribution in [0.5, 0.6) is 0 Å². The number of rotatable bonds is 1. The summed E-state index contributed by atoms with van der Waals surface area (Å²) >= 11 is 0. The highest BCUT2D eigenvalue weighted by atomic mass is 16.7. The zero-order valence-electron chi connectivity index (χ0n) is 5.25. The van der Waals surface area contributed by atoms with E-state index in [1.54, 1.807) is 0 Å². The van der Waals surface area contributed by atoms with E-state index in [1.165, 1.54) is 6.42 Å². The zero-order valence-corrected chi connectivity index (χ0v) is 5.25. The summed E-state index contributed by atoms with van der Waals surface area (Å²) in [5.74, 6) is 0.646. The topological polar surface area (TPSA) is 18.5 Å². The largest absolute Gasteiger partial charge is 0.353 e. The lowest BCUT2D eigenvalue weighted by molar-refractivity contribution is 0.0334. The molecule has 2 heteroatoms. The van der Waals surface area contributed by atoms with E-state index in [-0.39, 0.29) is 0 Å². The van der Waals surface area contributed by atoms with Crippen molar-refractivity contribution in [1.82, 2.24) is 0 Å². The van der Waals surface area contributed by atoms with Crippen molar-refractivity contribution in [1.29, 1.82) is 0 Å². The Labute approximate surface area is 54.5 Å². The maximum atomic E-state index is 5.28. The van der Waals surface area contributed by atoms with Gasteiger partial charge in [0.2, 0.25) is 0 Å². The molecule has 2 aliphatic rings. The van der Waals surface area contributed by atoms with E-state index >= 15 is 0 Å². The van der Waals surface area contributed by atoms with Crippen LogP contribution in [0.15, 0.2) is 12.2 Å². The minimum atomic E-state index is 0.356. The van der Waals surface area contributed by atoms with E-state index in [4.69, 9.17) is 9.47 Å². The van der Waals surface area contributed by atoms with E-state index in [1.807, 2.05) is 0 Å². The van der Waals surface area contributed by atoms with Gasteiger partial charge in [0.15, 0.2) is 0 Å². The zero-order chi connectivity index (χ0) is 6.10. The van der Waals surface area contributed by atoms with Crippen LogP contribution in [-0.4, -0.2) is 19.5 Å². The maximum absolute atomic E-state index is 5.28. The molecule has 0 N–H and O–H groups in total. The average Bonchev–Trinajstić information content (AvgIpc) is 2.11. The van der Waals surface area contributed by atoms with Crippen LogP contribution in [0.4, 0.5) is 0 Å². The van der Waals surface area contributed by atoms with Crippen LogP contribution >= 0.6 is 0 Å². The second-order valence-electron chi connectivity index (χ2n) is 2.52. The normalized spacial score (nSPS) is 40.9. The van der Waals surface area contributed by atoms with Crippen LogP contribution in [-0.2, 0) is 9.47 Å². The fourth-order valence-corrected chi connectivity index (χ4v) is 1.16. The highest BCUT2D eigenvalue weighted by molar-refractivity contribution is 5.05. The van der Waals surface area contributed by atoms with Crippen molar-refractivity contribution in [2.45, 2.75) is 12.5 Å². The lowest BCUT2D eigenvalue weighted by Crippen LogP contribution is -2.23. The molecule has 0 aromatic heterocycles. The van der Waals surface area contributed by atoms with Crippen LogP contribution in [0.25, 0.3) is 0 Å². The van der Waals surface area contributed by atoms with Gasteiger partial charge in [0, 0.05) is 5.92 Å². The van der Waals surface area contributed by atoms with Crippen LogP contribution in [0, 0.1) is 5.92 Å². The molecule has 2 atom stereocenters. The van der Waals surface area contributed by atoms with Gasteiger partial charge in [-0.2, -0.15) is 0 Å². The Hall–Kier alpha value is -0.340. The number of allylic oxidation sites excluding steroid dienone is 1. The molecule has 2 nitrogen and oxygen atoms in total. The summed E-state index contributed by atoms with van der Waals surface area (Å²) in [6, 6.07) is 0. The molecule has 1 saturated heterocycles. The fourth-order valence-electron chi connectivity index (χ4n) is 1.16. The first-order chi connectivity index (χ1) is 4.47. The van der Waals surface area contributed by atoms with Crippen molar-refractivity contribution in [3.63, 3.8) is 0 Å². The highest BCUT2D eigenvalue weighted by Crippen LogP contribution is 2.25. The molecule has 9 heavy (non-hydrogen) atoms. The molecule has 2 rings (SSSR count). The molecule has 0 spiro atoms. The molecular formula is C7H10O2. The van der Waals surface area contributed by atoms with Gasteiger partial charge in [0.25, 0.3) is 0 Å². The van der Waals surface area contributed by atoms with Crippen LogP contribution in [0.2, 0.25) is 0 Å². The van der Waals surface area contributed by atoms with E-state index < -0.39 is 0 Å². The fraction of sp³-hybridized carbons (Fsp3) is 0.714. The van der Waals surface area contributed by atoms with Gasteiger partial charge in [-0.3, -0.25) is 0 Å². The monoisotopic (exact) mass is 126 g/mol. The van der Waals surface area contributed by atoms with Crippen molar-refractivity contribution < 1.29 is 9.47 Å². The first-order valence-corrected chi connectivity index (χ1v) is 3.33. The Kier molecular flexibility index (Phi) is 1.28. The molecule has 0 bridgehead atoms. The third-order valence-electron chi connectivity index (χ3n) is 1.92. The van der Waals surface area contributed by atoms with Gasteiger partial charge in [0.05, 0.1) is 12.7 Å². The molecular weight excluding hydrogens is 116 g/mol. The second kappa shape index (κ2) is 2.12.